The molecule has 0 saturated heterocycles. The minimum atomic E-state index is -0.627. The highest BCUT2D eigenvalue weighted by molar-refractivity contribution is 5.50. The van der Waals surface area contributed by atoms with Crippen molar-refractivity contribution in [1.82, 2.24) is 0 Å². The van der Waals surface area contributed by atoms with E-state index in [0.717, 1.165) is 0 Å². The van der Waals surface area contributed by atoms with E-state index in [-0.39, 0.29) is 11.4 Å². The number of aromatic hydroxyl groups is 1. The van der Waals surface area contributed by atoms with E-state index in [4.69, 9.17) is 5.73 Å². The van der Waals surface area contributed by atoms with Crippen molar-refractivity contribution in [1.29, 1.82) is 0 Å². The molecule has 1 aromatic rings. The number of aliphatic hydroxyl groups is 1. The van der Waals surface area contributed by atoms with Crippen LogP contribution in [0.3, 0.4) is 0 Å². The second-order valence-electron chi connectivity index (χ2n) is 4.51. The molecule has 1 saturated carbocycles. The van der Waals surface area contributed by atoms with Crippen LogP contribution in [0.4, 0.5) is 5.69 Å². The standard InChI is InChI=1S/C11H14N2O4/c12-6-11(4-8(14)5-11)7-1-2-10(15)9(3-7)13(16)17/h1-3,8,14-15H,4-6,12H2. The first-order chi connectivity index (χ1) is 7.98. The molecule has 1 aromatic carbocycles. The highest BCUT2D eigenvalue weighted by Crippen LogP contribution is 2.44. The summed E-state index contributed by atoms with van der Waals surface area (Å²) < 4.78 is 0. The molecule has 0 bridgehead atoms. The monoisotopic (exact) mass is 238 g/mol. The number of benzene rings is 1. The molecule has 6 nitrogen and oxygen atoms in total. The zero-order valence-corrected chi connectivity index (χ0v) is 9.17. The van der Waals surface area contributed by atoms with Gasteiger partial charge in [0.15, 0.2) is 5.75 Å². The predicted octanol–water partition coefficient (Wildman–Crippen LogP) is 0.652. The summed E-state index contributed by atoms with van der Waals surface area (Å²) in [7, 11) is 0. The quantitative estimate of drug-likeness (QED) is 0.529. The van der Waals surface area contributed by atoms with Gasteiger partial charge in [0.05, 0.1) is 11.0 Å². The molecular weight excluding hydrogens is 224 g/mol. The Balaban J connectivity index is 2.39. The SMILES string of the molecule is NCC1(c2ccc(O)c([N+](=O)[O-])c2)CC(O)C1. The predicted molar refractivity (Wildman–Crippen MR) is 60.7 cm³/mol. The first-order valence-electron chi connectivity index (χ1n) is 5.34. The highest BCUT2D eigenvalue weighted by atomic mass is 16.6. The van der Waals surface area contributed by atoms with Gasteiger partial charge in [0.2, 0.25) is 0 Å². The maximum atomic E-state index is 10.7. The Kier molecular flexibility index (Phi) is 2.76. The van der Waals surface area contributed by atoms with Crippen LogP contribution in [0.2, 0.25) is 0 Å². The van der Waals surface area contributed by atoms with Gasteiger partial charge >= 0.3 is 5.69 Å². The van der Waals surface area contributed by atoms with Crippen molar-refractivity contribution in [3.8, 4) is 5.75 Å². The van der Waals surface area contributed by atoms with E-state index in [1.54, 1.807) is 6.07 Å². The molecule has 1 aliphatic carbocycles. The smallest absolute Gasteiger partial charge is 0.310 e. The molecule has 0 aliphatic heterocycles. The fraction of sp³-hybridized carbons (Fsp3) is 0.455. The Morgan fingerprint density at radius 1 is 1.53 bits per heavy atom. The molecule has 92 valence electrons. The molecule has 4 N–H and O–H groups in total. The lowest BCUT2D eigenvalue weighted by Gasteiger charge is -2.45. The number of phenols is 1. The molecule has 0 spiro atoms. The van der Waals surface area contributed by atoms with Crippen LogP contribution in [0, 0.1) is 10.1 Å². The Labute approximate surface area is 97.8 Å². The van der Waals surface area contributed by atoms with Gasteiger partial charge in [0.1, 0.15) is 0 Å². The Hall–Kier alpha value is -1.66. The zero-order valence-electron chi connectivity index (χ0n) is 9.17. The van der Waals surface area contributed by atoms with Crippen molar-refractivity contribution in [3.63, 3.8) is 0 Å². The van der Waals surface area contributed by atoms with Gasteiger partial charge in [-0.1, -0.05) is 6.07 Å². The van der Waals surface area contributed by atoms with Crippen LogP contribution in [0.25, 0.3) is 0 Å². The average molecular weight is 238 g/mol. The summed E-state index contributed by atoms with van der Waals surface area (Å²) in [5, 5.41) is 29.5. The fourth-order valence-corrected chi connectivity index (χ4v) is 2.36. The fourth-order valence-electron chi connectivity index (χ4n) is 2.36. The summed E-state index contributed by atoms with van der Waals surface area (Å²) in [6, 6.07) is 4.27. The van der Waals surface area contributed by atoms with Crippen LogP contribution in [0.15, 0.2) is 18.2 Å². The third kappa shape index (κ3) is 1.85. The lowest BCUT2D eigenvalue weighted by atomic mass is 9.63. The van der Waals surface area contributed by atoms with Gasteiger partial charge < -0.3 is 15.9 Å². The summed E-state index contributed by atoms with van der Waals surface area (Å²) in [6.07, 6.45) is 0.614. The van der Waals surface area contributed by atoms with Crippen LogP contribution in [-0.2, 0) is 5.41 Å². The lowest BCUT2D eigenvalue weighted by Crippen LogP contribution is -2.49. The van der Waals surface area contributed by atoms with Crippen LogP contribution in [0.5, 0.6) is 5.75 Å². The number of nitrogens with two attached hydrogens (primary N) is 1. The normalized spacial score (nSPS) is 27.5. The summed E-state index contributed by atoms with van der Waals surface area (Å²) in [5.41, 5.74) is 5.67. The largest absolute Gasteiger partial charge is 0.502 e. The zero-order chi connectivity index (χ0) is 12.6. The summed E-state index contributed by atoms with van der Waals surface area (Å²) in [5.74, 6) is -0.356. The summed E-state index contributed by atoms with van der Waals surface area (Å²) >= 11 is 0. The Bertz CT molecular complexity index is 455. The molecule has 2 rings (SSSR count). The van der Waals surface area contributed by atoms with Crippen LogP contribution in [0.1, 0.15) is 18.4 Å². The van der Waals surface area contributed by atoms with E-state index in [9.17, 15) is 20.3 Å². The Morgan fingerprint density at radius 2 is 2.18 bits per heavy atom. The molecule has 0 unspecified atom stereocenters. The third-order valence-electron chi connectivity index (χ3n) is 3.43. The van der Waals surface area contributed by atoms with Crippen molar-refractivity contribution >= 4 is 5.69 Å². The third-order valence-corrected chi connectivity index (χ3v) is 3.43. The second kappa shape index (κ2) is 3.97. The minimum absolute atomic E-state index is 0.322. The van der Waals surface area contributed by atoms with E-state index < -0.39 is 16.4 Å². The topological polar surface area (TPSA) is 110 Å². The number of nitro benzene ring substituents is 1. The van der Waals surface area contributed by atoms with E-state index in [2.05, 4.69) is 0 Å². The van der Waals surface area contributed by atoms with Crippen molar-refractivity contribution in [2.24, 2.45) is 5.73 Å². The van der Waals surface area contributed by atoms with E-state index in [0.29, 0.717) is 24.9 Å². The van der Waals surface area contributed by atoms with E-state index in [1.165, 1.54) is 12.1 Å². The number of hydrogen-bond acceptors (Lipinski definition) is 5. The number of phenolic OH excluding ortho intramolecular Hbond substituents is 1. The van der Waals surface area contributed by atoms with Gasteiger partial charge in [-0.2, -0.15) is 0 Å². The van der Waals surface area contributed by atoms with Crippen molar-refractivity contribution in [2.45, 2.75) is 24.4 Å². The second-order valence-corrected chi connectivity index (χ2v) is 4.51. The van der Waals surface area contributed by atoms with Crippen LogP contribution >= 0.6 is 0 Å². The minimum Gasteiger partial charge on any atom is -0.502 e. The van der Waals surface area contributed by atoms with Crippen LogP contribution < -0.4 is 5.73 Å². The molecule has 1 aliphatic rings. The molecule has 0 atom stereocenters. The molecule has 1 fully saturated rings. The first kappa shape index (κ1) is 11.8. The molecule has 17 heavy (non-hydrogen) atoms. The summed E-state index contributed by atoms with van der Waals surface area (Å²) in [6.45, 7) is 0.325. The van der Waals surface area contributed by atoms with Crippen molar-refractivity contribution in [3.05, 3.63) is 33.9 Å². The van der Waals surface area contributed by atoms with Crippen LogP contribution in [-0.4, -0.2) is 27.8 Å². The van der Waals surface area contributed by atoms with E-state index in [1.807, 2.05) is 0 Å². The molecular formula is C11H14N2O4. The number of aliphatic hydroxyl groups excluding tert-OH is 1. The van der Waals surface area contributed by atoms with Gasteiger partial charge in [-0.15, -0.1) is 0 Å². The molecule has 0 aromatic heterocycles. The maximum absolute atomic E-state index is 10.7. The number of nitro groups is 1. The van der Waals surface area contributed by atoms with Gasteiger partial charge in [-0.05, 0) is 24.5 Å². The number of nitrogens with zero attached hydrogens (tertiary/aromatic N) is 1. The number of hydrogen-bond donors (Lipinski definition) is 3. The molecule has 0 amide bonds. The highest BCUT2D eigenvalue weighted by Gasteiger charge is 2.44. The molecule has 6 heteroatoms. The van der Waals surface area contributed by atoms with Gasteiger partial charge in [0.25, 0.3) is 0 Å². The van der Waals surface area contributed by atoms with Crippen molar-refractivity contribution < 1.29 is 15.1 Å². The molecule has 0 heterocycles. The van der Waals surface area contributed by atoms with Gasteiger partial charge in [-0.3, -0.25) is 10.1 Å². The average Bonchev–Trinajstić information content (AvgIpc) is 2.25. The Morgan fingerprint density at radius 3 is 2.65 bits per heavy atom. The van der Waals surface area contributed by atoms with Gasteiger partial charge in [0, 0.05) is 18.0 Å². The lowest BCUT2D eigenvalue weighted by molar-refractivity contribution is -0.386. The summed E-state index contributed by atoms with van der Waals surface area (Å²) in [4.78, 5) is 10.1. The van der Waals surface area contributed by atoms with Crippen molar-refractivity contribution in [2.75, 3.05) is 6.54 Å². The van der Waals surface area contributed by atoms with E-state index >= 15 is 0 Å². The maximum Gasteiger partial charge on any atom is 0.310 e. The molecule has 0 radical (unpaired) electrons. The number of rotatable bonds is 3. The van der Waals surface area contributed by atoms with Gasteiger partial charge in [-0.25, -0.2) is 0 Å². The first-order valence-corrected chi connectivity index (χ1v) is 5.34.